The van der Waals surface area contributed by atoms with Gasteiger partial charge in [0, 0.05) is 6.42 Å². The Hall–Kier alpha value is -1.39. The number of carbonyl (C=O) groups is 1. The number of nitrogens with zero attached hydrogens (tertiary/aromatic N) is 3. The van der Waals surface area contributed by atoms with E-state index in [0.29, 0.717) is 18.9 Å². The number of aryl methyl sites for hydroxylation is 1. The van der Waals surface area contributed by atoms with Crippen molar-refractivity contribution in [3.05, 3.63) is 11.4 Å². The van der Waals surface area contributed by atoms with Crippen molar-refractivity contribution in [1.29, 1.82) is 0 Å². The van der Waals surface area contributed by atoms with Crippen LogP contribution in [-0.2, 0) is 17.6 Å². The van der Waals surface area contributed by atoms with Crippen LogP contribution in [0.15, 0.2) is 0 Å². The molecule has 0 spiro atoms. The van der Waals surface area contributed by atoms with Crippen LogP contribution >= 0.6 is 0 Å². The third-order valence-corrected chi connectivity index (χ3v) is 3.40. The molecule has 16 heavy (non-hydrogen) atoms. The van der Waals surface area contributed by atoms with E-state index in [1.807, 2.05) is 4.68 Å². The maximum absolute atomic E-state index is 11.0. The second-order valence-electron chi connectivity index (χ2n) is 4.46. The van der Waals surface area contributed by atoms with Gasteiger partial charge in [-0.25, -0.2) is 4.68 Å². The molecule has 0 radical (unpaired) electrons. The van der Waals surface area contributed by atoms with E-state index in [2.05, 4.69) is 24.2 Å². The summed E-state index contributed by atoms with van der Waals surface area (Å²) in [6, 6.07) is 0.295. The number of aliphatic carboxylic acids is 1. The molecule has 1 aliphatic carbocycles. The molecule has 0 saturated carbocycles. The molecule has 2 unspecified atom stereocenters. The lowest BCUT2D eigenvalue weighted by Crippen LogP contribution is -2.24. The zero-order valence-electron chi connectivity index (χ0n) is 9.68. The molecule has 1 aliphatic rings. The summed E-state index contributed by atoms with van der Waals surface area (Å²) in [5.74, 6) is -0.976. The van der Waals surface area contributed by atoms with Gasteiger partial charge in [0.2, 0.25) is 0 Å². The highest BCUT2D eigenvalue weighted by Gasteiger charge is 2.29. The molecule has 5 nitrogen and oxygen atoms in total. The summed E-state index contributed by atoms with van der Waals surface area (Å²) in [4.78, 5) is 11.0. The van der Waals surface area contributed by atoms with Gasteiger partial charge in [-0.05, 0) is 26.2 Å². The number of hydrogen-bond acceptors (Lipinski definition) is 3. The molecular formula is C11H17N3O2. The number of rotatable bonds is 3. The lowest BCUT2D eigenvalue weighted by Gasteiger charge is -2.20. The van der Waals surface area contributed by atoms with Gasteiger partial charge in [-0.3, -0.25) is 4.79 Å². The summed E-state index contributed by atoms with van der Waals surface area (Å²) >= 11 is 0. The lowest BCUT2D eigenvalue weighted by atomic mass is 9.89. The van der Waals surface area contributed by atoms with Crippen LogP contribution in [-0.4, -0.2) is 26.1 Å². The molecule has 0 fully saturated rings. The molecule has 1 aromatic rings. The summed E-state index contributed by atoms with van der Waals surface area (Å²) in [6.45, 7) is 4.18. The maximum atomic E-state index is 11.0. The molecule has 0 bridgehead atoms. The van der Waals surface area contributed by atoms with Crippen LogP contribution in [0.3, 0.4) is 0 Å². The molecule has 2 atom stereocenters. The van der Waals surface area contributed by atoms with Crippen LogP contribution in [0.25, 0.3) is 0 Å². The van der Waals surface area contributed by atoms with Gasteiger partial charge in [-0.15, -0.1) is 5.10 Å². The Balaban J connectivity index is 2.27. The minimum absolute atomic E-state index is 0.270. The van der Waals surface area contributed by atoms with E-state index < -0.39 is 5.97 Å². The van der Waals surface area contributed by atoms with Crippen LogP contribution in [0.5, 0.6) is 0 Å². The number of aromatic nitrogens is 3. The van der Waals surface area contributed by atoms with Crippen molar-refractivity contribution in [2.24, 2.45) is 5.92 Å². The molecular weight excluding hydrogens is 206 g/mol. The Morgan fingerprint density at radius 3 is 3.06 bits per heavy atom. The predicted molar refractivity (Wildman–Crippen MR) is 58.2 cm³/mol. The Kier molecular flexibility index (Phi) is 2.94. The number of carboxylic acids is 1. The second kappa shape index (κ2) is 4.23. The van der Waals surface area contributed by atoms with Gasteiger partial charge < -0.3 is 5.11 Å². The number of fused-ring (bicyclic) bond motifs is 1. The third kappa shape index (κ3) is 1.81. The topological polar surface area (TPSA) is 68.0 Å². The second-order valence-corrected chi connectivity index (χ2v) is 4.46. The lowest BCUT2D eigenvalue weighted by molar-refractivity contribution is -0.142. The molecule has 0 amide bonds. The van der Waals surface area contributed by atoms with Crippen molar-refractivity contribution >= 4 is 5.97 Å². The number of hydrogen-bond donors (Lipinski definition) is 1. The van der Waals surface area contributed by atoms with Gasteiger partial charge in [0.15, 0.2) is 0 Å². The monoisotopic (exact) mass is 223 g/mol. The maximum Gasteiger partial charge on any atom is 0.306 e. The van der Waals surface area contributed by atoms with Gasteiger partial charge in [0.25, 0.3) is 0 Å². The Labute approximate surface area is 94.5 Å². The SMILES string of the molecule is CCC(C)n1nnc2c1CC(C(=O)O)CC2. The number of carboxylic acid groups (broad SMARTS) is 1. The first-order valence-electron chi connectivity index (χ1n) is 5.79. The van der Waals surface area contributed by atoms with E-state index in [9.17, 15) is 4.79 Å². The van der Waals surface area contributed by atoms with Crippen LogP contribution < -0.4 is 0 Å². The first kappa shape index (κ1) is 11.1. The van der Waals surface area contributed by atoms with Crippen LogP contribution in [0.1, 0.15) is 44.1 Å². The molecule has 2 rings (SSSR count). The van der Waals surface area contributed by atoms with E-state index in [-0.39, 0.29) is 5.92 Å². The molecule has 1 N–H and O–H groups in total. The summed E-state index contributed by atoms with van der Waals surface area (Å²) in [5.41, 5.74) is 2.01. The van der Waals surface area contributed by atoms with Gasteiger partial charge in [-0.2, -0.15) is 0 Å². The highest BCUT2D eigenvalue weighted by molar-refractivity contribution is 5.70. The Morgan fingerprint density at radius 2 is 2.44 bits per heavy atom. The first-order chi connectivity index (χ1) is 7.63. The fourth-order valence-corrected chi connectivity index (χ4v) is 2.14. The molecule has 5 heteroatoms. The van der Waals surface area contributed by atoms with E-state index in [1.165, 1.54) is 0 Å². The van der Waals surface area contributed by atoms with E-state index >= 15 is 0 Å². The van der Waals surface area contributed by atoms with Crippen molar-refractivity contribution in [2.45, 2.75) is 45.6 Å². The predicted octanol–water partition coefficient (Wildman–Crippen LogP) is 1.44. The van der Waals surface area contributed by atoms with Crippen LogP contribution in [0, 0.1) is 5.92 Å². The van der Waals surface area contributed by atoms with E-state index in [1.54, 1.807) is 0 Å². The quantitative estimate of drug-likeness (QED) is 0.841. The Bertz CT molecular complexity index is 400. The minimum Gasteiger partial charge on any atom is -0.481 e. The fourth-order valence-electron chi connectivity index (χ4n) is 2.14. The van der Waals surface area contributed by atoms with Crippen LogP contribution in [0.4, 0.5) is 0 Å². The average Bonchev–Trinajstić information content (AvgIpc) is 2.70. The summed E-state index contributed by atoms with van der Waals surface area (Å²) in [7, 11) is 0. The highest BCUT2D eigenvalue weighted by Crippen LogP contribution is 2.26. The smallest absolute Gasteiger partial charge is 0.306 e. The van der Waals surface area contributed by atoms with E-state index in [4.69, 9.17) is 5.11 Å². The zero-order valence-corrected chi connectivity index (χ0v) is 9.68. The largest absolute Gasteiger partial charge is 0.481 e. The van der Waals surface area contributed by atoms with E-state index in [0.717, 1.165) is 24.2 Å². The summed E-state index contributed by atoms with van der Waals surface area (Å²) in [6.07, 6.45) is 2.97. The van der Waals surface area contributed by atoms with Crippen molar-refractivity contribution in [3.8, 4) is 0 Å². The minimum atomic E-state index is -0.706. The van der Waals surface area contributed by atoms with Gasteiger partial charge in [0.05, 0.1) is 23.3 Å². The molecule has 0 saturated heterocycles. The van der Waals surface area contributed by atoms with Crippen molar-refractivity contribution in [2.75, 3.05) is 0 Å². The van der Waals surface area contributed by atoms with Crippen molar-refractivity contribution in [3.63, 3.8) is 0 Å². The van der Waals surface area contributed by atoms with Gasteiger partial charge in [-0.1, -0.05) is 12.1 Å². The van der Waals surface area contributed by atoms with Gasteiger partial charge >= 0.3 is 5.97 Å². The fraction of sp³-hybridized carbons (Fsp3) is 0.727. The molecule has 0 aliphatic heterocycles. The van der Waals surface area contributed by atoms with Crippen LogP contribution in [0.2, 0.25) is 0 Å². The average molecular weight is 223 g/mol. The summed E-state index contributed by atoms with van der Waals surface area (Å²) in [5, 5.41) is 17.3. The standard InChI is InChI=1S/C11H17N3O2/c1-3-7(2)14-10-6-8(11(15)16)4-5-9(10)12-13-14/h7-8H,3-6H2,1-2H3,(H,15,16). The molecule has 0 aromatic carbocycles. The molecule has 1 aromatic heterocycles. The zero-order chi connectivity index (χ0) is 11.7. The summed E-state index contributed by atoms with van der Waals surface area (Å²) < 4.78 is 1.89. The molecule has 1 heterocycles. The van der Waals surface area contributed by atoms with Gasteiger partial charge in [0.1, 0.15) is 0 Å². The normalized spacial score (nSPS) is 21.5. The third-order valence-electron chi connectivity index (χ3n) is 3.40. The van der Waals surface area contributed by atoms with Crippen molar-refractivity contribution in [1.82, 2.24) is 15.0 Å². The Morgan fingerprint density at radius 1 is 1.69 bits per heavy atom. The molecule has 88 valence electrons. The highest BCUT2D eigenvalue weighted by atomic mass is 16.4. The van der Waals surface area contributed by atoms with Crippen molar-refractivity contribution < 1.29 is 9.90 Å². The first-order valence-corrected chi connectivity index (χ1v) is 5.79.